The van der Waals surface area contributed by atoms with Crippen LogP contribution in [0, 0.1) is 5.92 Å². The zero-order chi connectivity index (χ0) is 11.3. The average molecular weight is 201 g/mol. The Morgan fingerprint density at radius 3 is 2.21 bits per heavy atom. The van der Waals surface area contributed by atoms with Gasteiger partial charge in [0.15, 0.2) is 0 Å². The molecule has 0 aromatic rings. The van der Waals surface area contributed by atoms with E-state index in [1.807, 2.05) is 14.0 Å². The van der Waals surface area contributed by atoms with Gasteiger partial charge >= 0.3 is 0 Å². The highest BCUT2D eigenvalue weighted by atomic mass is 16.2. The Labute approximate surface area is 86.8 Å². The number of carbonyl (C=O) groups is 1. The Morgan fingerprint density at radius 2 is 1.86 bits per heavy atom. The van der Waals surface area contributed by atoms with E-state index in [4.69, 9.17) is 5.84 Å². The van der Waals surface area contributed by atoms with Crippen molar-refractivity contribution in [1.29, 1.82) is 0 Å². The van der Waals surface area contributed by atoms with Crippen LogP contribution in [0.5, 0.6) is 0 Å². The lowest BCUT2D eigenvalue weighted by atomic mass is 10.0. The molecule has 14 heavy (non-hydrogen) atoms. The van der Waals surface area contributed by atoms with Crippen molar-refractivity contribution in [2.45, 2.75) is 46.2 Å². The van der Waals surface area contributed by atoms with Crippen molar-refractivity contribution in [3.63, 3.8) is 0 Å². The van der Waals surface area contributed by atoms with Gasteiger partial charge in [-0.2, -0.15) is 0 Å². The number of amides is 1. The standard InChI is InChI=1S/C10H23N3O/c1-7(2)9(4)13(5)8(3)6-10(14)12-11/h7-9H,6,11H2,1-5H3,(H,12,14). The molecule has 0 spiro atoms. The number of hydrazine groups is 1. The molecule has 2 unspecified atom stereocenters. The molecule has 0 saturated carbocycles. The van der Waals surface area contributed by atoms with Crippen molar-refractivity contribution >= 4 is 5.91 Å². The van der Waals surface area contributed by atoms with Gasteiger partial charge in [0.05, 0.1) is 0 Å². The van der Waals surface area contributed by atoms with Crippen LogP contribution in [0.2, 0.25) is 0 Å². The Morgan fingerprint density at radius 1 is 1.36 bits per heavy atom. The summed E-state index contributed by atoms with van der Waals surface area (Å²) in [5.74, 6) is 5.51. The molecule has 2 atom stereocenters. The highest BCUT2D eigenvalue weighted by Gasteiger charge is 2.20. The van der Waals surface area contributed by atoms with E-state index in [1.54, 1.807) is 0 Å². The molecular weight excluding hydrogens is 178 g/mol. The van der Waals surface area contributed by atoms with E-state index >= 15 is 0 Å². The van der Waals surface area contributed by atoms with Crippen molar-refractivity contribution in [3.05, 3.63) is 0 Å². The largest absolute Gasteiger partial charge is 0.300 e. The molecule has 4 nitrogen and oxygen atoms in total. The van der Waals surface area contributed by atoms with Crippen LogP contribution in [0.3, 0.4) is 0 Å². The molecule has 0 aromatic carbocycles. The molecule has 4 heteroatoms. The Hall–Kier alpha value is -0.610. The molecule has 84 valence electrons. The van der Waals surface area contributed by atoms with Gasteiger partial charge in [-0.05, 0) is 26.8 Å². The van der Waals surface area contributed by atoms with Crippen LogP contribution in [0.25, 0.3) is 0 Å². The molecule has 0 aromatic heterocycles. The Kier molecular flexibility index (Phi) is 5.72. The van der Waals surface area contributed by atoms with Gasteiger partial charge in [-0.15, -0.1) is 0 Å². The maximum absolute atomic E-state index is 11.1. The summed E-state index contributed by atoms with van der Waals surface area (Å²) in [5.41, 5.74) is 2.15. The lowest BCUT2D eigenvalue weighted by Gasteiger charge is -2.32. The number of carbonyl (C=O) groups excluding carboxylic acids is 1. The van der Waals surface area contributed by atoms with E-state index in [1.165, 1.54) is 0 Å². The van der Waals surface area contributed by atoms with E-state index in [-0.39, 0.29) is 11.9 Å². The van der Waals surface area contributed by atoms with E-state index in [0.717, 1.165) is 0 Å². The number of nitrogens with one attached hydrogen (secondary N) is 1. The number of nitrogens with two attached hydrogens (primary N) is 1. The van der Waals surface area contributed by atoms with Crippen LogP contribution in [0.4, 0.5) is 0 Å². The third kappa shape index (κ3) is 4.07. The molecule has 0 rings (SSSR count). The predicted octanol–water partition coefficient (Wildman–Crippen LogP) is 0.731. The van der Waals surface area contributed by atoms with Crippen LogP contribution >= 0.6 is 0 Å². The lowest BCUT2D eigenvalue weighted by Crippen LogP contribution is -2.43. The van der Waals surface area contributed by atoms with Gasteiger partial charge in [0.25, 0.3) is 0 Å². The summed E-state index contributed by atoms with van der Waals surface area (Å²) in [7, 11) is 2.04. The first-order chi connectivity index (χ1) is 6.40. The predicted molar refractivity (Wildman–Crippen MR) is 58.5 cm³/mol. The van der Waals surface area contributed by atoms with Gasteiger partial charge in [0.1, 0.15) is 0 Å². The first-order valence-corrected chi connectivity index (χ1v) is 5.11. The van der Waals surface area contributed by atoms with Crippen molar-refractivity contribution < 1.29 is 4.79 Å². The van der Waals surface area contributed by atoms with Gasteiger partial charge in [0.2, 0.25) is 5.91 Å². The molecule has 0 aliphatic rings. The van der Waals surface area contributed by atoms with E-state index < -0.39 is 0 Å². The van der Waals surface area contributed by atoms with Crippen LogP contribution < -0.4 is 11.3 Å². The second-order valence-electron chi connectivity index (χ2n) is 4.27. The first kappa shape index (κ1) is 13.4. The third-order valence-corrected chi connectivity index (χ3v) is 2.94. The minimum Gasteiger partial charge on any atom is -0.300 e. The fraction of sp³-hybridized carbons (Fsp3) is 0.900. The summed E-state index contributed by atoms with van der Waals surface area (Å²) >= 11 is 0. The summed E-state index contributed by atoms with van der Waals surface area (Å²) in [6.45, 7) is 8.56. The van der Waals surface area contributed by atoms with Gasteiger partial charge in [-0.25, -0.2) is 5.84 Å². The summed E-state index contributed by atoms with van der Waals surface area (Å²) in [6, 6.07) is 0.687. The summed E-state index contributed by atoms with van der Waals surface area (Å²) in [4.78, 5) is 13.3. The van der Waals surface area contributed by atoms with Gasteiger partial charge in [0, 0.05) is 18.5 Å². The fourth-order valence-electron chi connectivity index (χ4n) is 1.34. The Bertz CT molecular complexity index is 182. The number of rotatable bonds is 5. The zero-order valence-electron chi connectivity index (χ0n) is 9.87. The number of hydrogen-bond acceptors (Lipinski definition) is 3. The van der Waals surface area contributed by atoms with Crippen molar-refractivity contribution in [2.24, 2.45) is 11.8 Å². The molecule has 0 heterocycles. The third-order valence-electron chi connectivity index (χ3n) is 2.94. The maximum atomic E-state index is 11.1. The molecule has 0 saturated heterocycles. The van der Waals surface area contributed by atoms with Crippen LogP contribution in [0.1, 0.15) is 34.1 Å². The molecular formula is C10H23N3O. The smallest absolute Gasteiger partial charge is 0.235 e. The SMILES string of the molecule is CC(C)C(C)N(C)C(C)CC(=O)NN. The molecule has 0 aliphatic carbocycles. The number of nitrogens with zero attached hydrogens (tertiary/aromatic N) is 1. The highest BCUT2D eigenvalue weighted by Crippen LogP contribution is 2.12. The van der Waals surface area contributed by atoms with Crippen molar-refractivity contribution in [1.82, 2.24) is 10.3 Å². The summed E-state index contributed by atoms with van der Waals surface area (Å²) < 4.78 is 0. The summed E-state index contributed by atoms with van der Waals surface area (Å²) in [5, 5.41) is 0. The monoisotopic (exact) mass is 201 g/mol. The van der Waals surface area contributed by atoms with Crippen LogP contribution in [-0.4, -0.2) is 29.9 Å². The highest BCUT2D eigenvalue weighted by molar-refractivity contribution is 5.75. The maximum Gasteiger partial charge on any atom is 0.235 e. The van der Waals surface area contributed by atoms with Crippen molar-refractivity contribution in [2.75, 3.05) is 7.05 Å². The van der Waals surface area contributed by atoms with Crippen molar-refractivity contribution in [3.8, 4) is 0 Å². The van der Waals surface area contributed by atoms with E-state index in [9.17, 15) is 4.79 Å². The second-order valence-corrected chi connectivity index (χ2v) is 4.27. The average Bonchev–Trinajstić information content (AvgIpc) is 2.14. The fourth-order valence-corrected chi connectivity index (χ4v) is 1.34. The molecule has 3 N–H and O–H groups in total. The van der Waals surface area contributed by atoms with E-state index in [2.05, 4.69) is 31.1 Å². The molecule has 1 amide bonds. The van der Waals surface area contributed by atoms with Crippen LogP contribution in [-0.2, 0) is 4.79 Å². The molecule has 0 bridgehead atoms. The molecule has 0 radical (unpaired) electrons. The minimum atomic E-state index is -0.111. The number of hydrogen-bond donors (Lipinski definition) is 2. The van der Waals surface area contributed by atoms with Gasteiger partial charge in [-0.1, -0.05) is 13.8 Å². The Balaban J connectivity index is 4.10. The molecule has 0 fully saturated rings. The summed E-state index contributed by atoms with van der Waals surface area (Å²) in [6.07, 6.45) is 0.448. The second kappa shape index (κ2) is 5.98. The first-order valence-electron chi connectivity index (χ1n) is 5.11. The van der Waals surface area contributed by atoms with Gasteiger partial charge in [-0.3, -0.25) is 10.2 Å². The van der Waals surface area contributed by atoms with E-state index in [0.29, 0.717) is 18.4 Å². The van der Waals surface area contributed by atoms with Gasteiger partial charge < -0.3 is 4.90 Å². The molecule has 0 aliphatic heterocycles. The topological polar surface area (TPSA) is 58.4 Å². The zero-order valence-corrected chi connectivity index (χ0v) is 9.87. The van der Waals surface area contributed by atoms with Crippen LogP contribution in [0.15, 0.2) is 0 Å². The minimum absolute atomic E-state index is 0.111. The lowest BCUT2D eigenvalue weighted by molar-refractivity contribution is -0.122. The normalized spacial score (nSPS) is 15.7. The quantitative estimate of drug-likeness (QED) is 0.392.